The zero-order valence-corrected chi connectivity index (χ0v) is 16.3. The Balaban J connectivity index is 1.79. The third kappa shape index (κ3) is 5.45. The van der Waals surface area contributed by atoms with E-state index in [0.717, 1.165) is 6.07 Å². The molecule has 0 saturated heterocycles. The molecule has 0 atom stereocenters. The zero-order chi connectivity index (χ0) is 20.8. The number of hydrogen-bond donors (Lipinski definition) is 1. The largest absolute Gasteiger partial charge is 0.493 e. The molecule has 0 aliphatic carbocycles. The Morgan fingerprint density at radius 2 is 1.76 bits per heavy atom. The third-order valence-corrected chi connectivity index (χ3v) is 4.26. The van der Waals surface area contributed by atoms with Crippen molar-refractivity contribution in [3.8, 4) is 11.5 Å². The second-order valence-corrected chi connectivity index (χ2v) is 6.51. The molecule has 1 N–H and O–H groups in total. The molecule has 7 heteroatoms. The first-order valence-corrected chi connectivity index (χ1v) is 9.24. The minimum absolute atomic E-state index is 0.107. The predicted molar refractivity (Wildman–Crippen MR) is 108 cm³/mol. The molecular formula is C22H18ClF2NO3. The number of ether oxygens (including phenoxy) is 2. The van der Waals surface area contributed by atoms with Gasteiger partial charge in [0.15, 0.2) is 0 Å². The Labute approximate surface area is 172 Å². The quantitative estimate of drug-likeness (QED) is 0.524. The lowest BCUT2D eigenvalue weighted by Gasteiger charge is -2.14. The highest BCUT2D eigenvalue weighted by molar-refractivity contribution is 6.30. The second kappa shape index (κ2) is 9.39. The van der Waals surface area contributed by atoms with Crippen LogP contribution in [0.15, 0.2) is 60.7 Å². The highest BCUT2D eigenvalue weighted by atomic mass is 35.5. The van der Waals surface area contributed by atoms with E-state index in [1.54, 1.807) is 42.5 Å². The molecule has 0 radical (unpaired) electrons. The third-order valence-electron chi connectivity index (χ3n) is 4.01. The molecule has 0 aliphatic heterocycles. The molecule has 0 fully saturated rings. The molecule has 3 rings (SSSR count). The number of rotatable bonds is 7. The molecule has 0 spiro atoms. The number of nitrogens with one attached hydrogen (secondary N) is 1. The van der Waals surface area contributed by atoms with Crippen LogP contribution in [0.3, 0.4) is 0 Å². The second-order valence-electron chi connectivity index (χ2n) is 6.08. The van der Waals surface area contributed by atoms with Crippen molar-refractivity contribution in [2.45, 2.75) is 13.5 Å². The molecule has 4 nitrogen and oxygen atoms in total. The van der Waals surface area contributed by atoms with E-state index in [2.05, 4.69) is 5.32 Å². The van der Waals surface area contributed by atoms with Gasteiger partial charge in [0.1, 0.15) is 29.7 Å². The lowest BCUT2D eigenvalue weighted by Crippen LogP contribution is -2.14. The fraction of sp³-hybridized carbons (Fsp3) is 0.136. The number of anilines is 1. The van der Waals surface area contributed by atoms with Gasteiger partial charge in [-0.25, -0.2) is 8.78 Å². The van der Waals surface area contributed by atoms with Gasteiger partial charge >= 0.3 is 0 Å². The van der Waals surface area contributed by atoms with Crippen molar-refractivity contribution in [1.82, 2.24) is 0 Å². The van der Waals surface area contributed by atoms with Crippen LogP contribution in [0.1, 0.15) is 22.8 Å². The lowest BCUT2D eigenvalue weighted by molar-refractivity contribution is 0.102. The minimum atomic E-state index is -0.851. The summed E-state index contributed by atoms with van der Waals surface area (Å²) in [5.74, 6) is -0.920. The Morgan fingerprint density at radius 3 is 2.45 bits per heavy atom. The summed E-state index contributed by atoms with van der Waals surface area (Å²) in [4.78, 5) is 12.5. The molecule has 0 aromatic heterocycles. The van der Waals surface area contributed by atoms with Crippen LogP contribution in [-0.4, -0.2) is 12.5 Å². The first-order valence-electron chi connectivity index (χ1n) is 8.86. The molecule has 29 heavy (non-hydrogen) atoms. The van der Waals surface area contributed by atoms with Gasteiger partial charge in [0, 0.05) is 22.2 Å². The SMILES string of the molecule is CCOc1ccc(C(=O)Nc2ccc(F)cc2F)cc1COc1ccc(Cl)cc1. The number of hydrogen-bond acceptors (Lipinski definition) is 3. The van der Waals surface area contributed by atoms with E-state index in [-0.39, 0.29) is 17.9 Å². The van der Waals surface area contributed by atoms with Crippen molar-refractivity contribution in [2.24, 2.45) is 0 Å². The highest BCUT2D eigenvalue weighted by Crippen LogP contribution is 2.24. The van der Waals surface area contributed by atoms with Crippen LogP contribution >= 0.6 is 11.6 Å². The van der Waals surface area contributed by atoms with Gasteiger partial charge in [-0.05, 0) is 61.5 Å². The van der Waals surface area contributed by atoms with Gasteiger partial charge in [-0.3, -0.25) is 4.79 Å². The summed E-state index contributed by atoms with van der Waals surface area (Å²) in [6, 6.07) is 14.7. The molecule has 0 aliphatic rings. The average Bonchev–Trinajstić information content (AvgIpc) is 2.70. The van der Waals surface area contributed by atoms with Crippen molar-refractivity contribution >= 4 is 23.2 Å². The topological polar surface area (TPSA) is 47.6 Å². The normalized spacial score (nSPS) is 10.5. The van der Waals surface area contributed by atoms with Gasteiger partial charge in [-0.1, -0.05) is 11.6 Å². The van der Waals surface area contributed by atoms with Gasteiger partial charge in [0.05, 0.1) is 12.3 Å². The summed E-state index contributed by atoms with van der Waals surface area (Å²) in [5.41, 5.74) is 0.824. The van der Waals surface area contributed by atoms with Gasteiger partial charge in [0.2, 0.25) is 0 Å². The number of halogens is 3. The van der Waals surface area contributed by atoms with Crippen molar-refractivity contribution < 1.29 is 23.0 Å². The monoisotopic (exact) mass is 417 g/mol. The summed E-state index contributed by atoms with van der Waals surface area (Å²) >= 11 is 5.87. The van der Waals surface area contributed by atoms with E-state index < -0.39 is 17.5 Å². The fourth-order valence-corrected chi connectivity index (χ4v) is 2.73. The predicted octanol–water partition coefficient (Wildman–Crippen LogP) is 5.85. The van der Waals surface area contributed by atoms with Crippen LogP contribution < -0.4 is 14.8 Å². The maximum Gasteiger partial charge on any atom is 0.255 e. The molecule has 0 heterocycles. The number of carbonyl (C=O) groups is 1. The smallest absolute Gasteiger partial charge is 0.255 e. The van der Waals surface area contributed by atoms with Crippen molar-refractivity contribution in [1.29, 1.82) is 0 Å². The van der Waals surface area contributed by atoms with E-state index in [4.69, 9.17) is 21.1 Å². The Bertz CT molecular complexity index is 1010. The summed E-state index contributed by atoms with van der Waals surface area (Å²) in [7, 11) is 0. The molecule has 150 valence electrons. The summed E-state index contributed by atoms with van der Waals surface area (Å²) < 4.78 is 38.2. The Morgan fingerprint density at radius 1 is 1.00 bits per heavy atom. The summed E-state index contributed by atoms with van der Waals surface area (Å²) in [6.45, 7) is 2.45. The standard InChI is InChI=1S/C22H18ClF2NO3/c1-2-28-21-10-3-14(22(27)26-20-9-6-17(24)12-19(20)25)11-15(21)13-29-18-7-4-16(23)5-8-18/h3-12H,2,13H2,1H3,(H,26,27). The summed E-state index contributed by atoms with van der Waals surface area (Å²) in [6.07, 6.45) is 0. The summed E-state index contributed by atoms with van der Waals surface area (Å²) in [5, 5.41) is 3.03. The zero-order valence-electron chi connectivity index (χ0n) is 15.5. The Hall–Kier alpha value is -3.12. The van der Waals surface area contributed by atoms with Crippen LogP contribution in [0, 0.1) is 11.6 Å². The van der Waals surface area contributed by atoms with Crippen molar-refractivity contribution in [3.63, 3.8) is 0 Å². The number of benzene rings is 3. The first-order chi connectivity index (χ1) is 14.0. The molecule has 0 bridgehead atoms. The van der Waals surface area contributed by atoms with E-state index in [1.807, 2.05) is 6.92 Å². The highest BCUT2D eigenvalue weighted by Gasteiger charge is 2.14. The molecule has 3 aromatic carbocycles. The van der Waals surface area contributed by atoms with Gasteiger partial charge in [-0.2, -0.15) is 0 Å². The van der Waals surface area contributed by atoms with Crippen molar-refractivity contribution in [3.05, 3.63) is 88.4 Å². The molecule has 1 amide bonds. The van der Waals surface area contributed by atoms with Gasteiger partial charge < -0.3 is 14.8 Å². The van der Waals surface area contributed by atoms with E-state index >= 15 is 0 Å². The maximum absolute atomic E-state index is 13.8. The Kier molecular flexibility index (Phi) is 6.67. The minimum Gasteiger partial charge on any atom is -0.493 e. The van der Waals surface area contributed by atoms with E-state index in [0.29, 0.717) is 34.8 Å². The lowest BCUT2D eigenvalue weighted by atomic mass is 10.1. The van der Waals surface area contributed by atoms with Crippen LogP contribution in [0.2, 0.25) is 5.02 Å². The van der Waals surface area contributed by atoms with Gasteiger partial charge in [0.25, 0.3) is 5.91 Å². The number of carbonyl (C=O) groups excluding carboxylic acids is 1. The molecule has 0 unspecified atom stereocenters. The van der Waals surface area contributed by atoms with Crippen LogP contribution in [-0.2, 0) is 6.61 Å². The maximum atomic E-state index is 13.8. The average molecular weight is 418 g/mol. The molecule has 0 saturated carbocycles. The van der Waals surface area contributed by atoms with E-state index in [1.165, 1.54) is 6.07 Å². The van der Waals surface area contributed by atoms with Crippen LogP contribution in [0.5, 0.6) is 11.5 Å². The fourth-order valence-electron chi connectivity index (χ4n) is 2.61. The van der Waals surface area contributed by atoms with Gasteiger partial charge in [-0.15, -0.1) is 0 Å². The molecular weight excluding hydrogens is 400 g/mol. The number of amides is 1. The van der Waals surface area contributed by atoms with Crippen LogP contribution in [0.4, 0.5) is 14.5 Å². The molecule has 3 aromatic rings. The first kappa shape index (κ1) is 20.6. The van der Waals surface area contributed by atoms with Crippen molar-refractivity contribution in [2.75, 3.05) is 11.9 Å². The van der Waals surface area contributed by atoms with Crippen LogP contribution in [0.25, 0.3) is 0 Å². The van der Waals surface area contributed by atoms with E-state index in [9.17, 15) is 13.6 Å².